The molecule has 3 aromatic rings. The molecule has 2 N–H and O–H groups in total. The van der Waals surface area contributed by atoms with Gasteiger partial charge in [-0.15, -0.1) is 0 Å². The molecule has 6 rings (SSSR count). The minimum atomic E-state index is -0.600. The third kappa shape index (κ3) is 3.37. The van der Waals surface area contributed by atoms with Gasteiger partial charge in [-0.3, -0.25) is 9.59 Å². The molecule has 0 aliphatic heterocycles. The molecule has 10 heteroatoms. The summed E-state index contributed by atoms with van der Waals surface area (Å²) in [6, 6.07) is 9.26. The largest absolute Gasteiger partial charge is 0.484 e. The van der Waals surface area contributed by atoms with Gasteiger partial charge >= 0.3 is 0 Å². The van der Waals surface area contributed by atoms with Crippen LogP contribution in [0.15, 0.2) is 36.4 Å². The van der Waals surface area contributed by atoms with Crippen molar-refractivity contribution in [2.75, 3.05) is 6.61 Å². The van der Waals surface area contributed by atoms with E-state index in [1.807, 2.05) is 0 Å². The Morgan fingerprint density at radius 3 is 2.57 bits per heavy atom. The Labute approximate surface area is 179 Å². The number of carbonyl (C=O) groups excluding carboxylic acids is 2. The van der Waals surface area contributed by atoms with E-state index >= 15 is 0 Å². The maximum Gasteiger partial charge on any atom is 0.258 e. The van der Waals surface area contributed by atoms with Gasteiger partial charge in [0.15, 0.2) is 6.61 Å². The Bertz CT molecular complexity index is 1160. The van der Waals surface area contributed by atoms with E-state index < -0.39 is 5.82 Å². The van der Waals surface area contributed by atoms with Gasteiger partial charge in [0.05, 0.1) is 16.8 Å². The Morgan fingerprint density at radius 2 is 1.80 bits per heavy atom. The van der Waals surface area contributed by atoms with Crippen molar-refractivity contribution in [2.45, 2.75) is 30.3 Å². The van der Waals surface area contributed by atoms with E-state index in [1.54, 1.807) is 18.2 Å². The molecule has 154 valence electrons. The van der Waals surface area contributed by atoms with Gasteiger partial charge < -0.3 is 15.4 Å². The van der Waals surface area contributed by atoms with Crippen molar-refractivity contribution in [3.05, 3.63) is 52.8 Å². The lowest BCUT2D eigenvalue weighted by Crippen LogP contribution is -2.84. The maximum absolute atomic E-state index is 13.4. The van der Waals surface area contributed by atoms with Gasteiger partial charge in [-0.2, -0.15) is 8.75 Å². The van der Waals surface area contributed by atoms with Crippen LogP contribution in [0, 0.1) is 5.82 Å². The Hall–Kier alpha value is -2.78. The SMILES string of the molecule is O=C(COc1ccc(Cl)c(F)c1)NC12CC(NC(=O)c3ccc4nsnc4c3)(C1)C2. The van der Waals surface area contributed by atoms with E-state index in [0.29, 0.717) is 30.3 Å². The number of carbonyl (C=O) groups is 2. The predicted octanol–water partition coefficient (Wildman–Crippen LogP) is 3.08. The average Bonchev–Trinajstić information content (AvgIpc) is 3.14. The van der Waals surface area contributed by atoms with Gasteiger partial charge in [0.25, 0.3) is 11.8 Å². The lowest BCUT2D eigenvalue weighted by molar-refractivity contribution is -0.141. The standard InChI is InChI=1S/C20H16ClFN4O3S/c21-13-3-2-12(6-14(13)22)29-7-17(27)23-19-8-20(9-19,10-19)24-18(28)11-1-4-15-16(5-11)26-30-25-15/h1-6H,7-10H2,(H,23,27)(H,24,28). The first-order valence-corrected chi connectivity index (χ1v) is 10.4. The summed E-state index contributed by atoms with van der Waals surface area (Å²) in [5.74, 6) is -0.804. The Kier molecular flexibility index (Phi) is 4.41. The van der Waals surface area contributed by atoms with Crippen LogP contribution in [0.3, 0.4) is 0 Å². The highest BCUT2D eigenvalue weighted by Crippen LogP contribution is 2.60. The normalized spacial score (nSPS) is 23.9. The van der Waals surface area contributed by atoms with E-state index in [2.05, 4.69) is 19.4 Å². The minimum Gasteiger partial charge on any atom is -0.484 e. The van der Waals surface area contributed by atoms with Gasteiger partial charge in [0.2, 0.25) is 0 Å². The zero-order chi connectivity index (χ0) is 20.9. The molecule has 2 bridgehead atoms. The second-order valence-corrected chi connectivity index (χ2v) is 8.86. The van der Waals surface area contributed by atoms with Crippen LogP contribution in [0.5, 0.6) is 5.75 Å². The van der Waals surface area contributed by atoms with Crippen LogP contribution in [0.1, 0.15) is 29.6 Å². The second kappa shape index (κ2) is 6.88. The van der Waals surface area contributed by atoms with Crippen LogP contribution in [0.25, 0.3) is 11.0 Å². The zero-order valence-corrected chi connectivity index (χ0v) is 17.1. The third-order valence-corrected chi connectivity index (χ3v) is 6.45. The molecule has 30 heavy (non-hydrogen) atoms. The number of benzene rings is 2. The summed E-state index contributed by atoms with van der Waals surface area (Å²) in [6.45, 7) is -0.218. The van der Waals surface area contributed by atoms with Gasteiger partial charge in [0.1, 0.15) is 22.6 Å². The molecule has 2 amide bonds. The summed E-state index contributed by atoms with van der Waals surface area (Å²) in [6.07, 6.45) is 2.02. The molecule has 3 saturated carbocycles. The van der Waals surface area contributed by atoms with Crippen LogP contribution < -0.4 is 15.4 Å². The minimum absolute atomic E-state index is 0.00353. The molecule has 1 heterocycles. The first-order valence-electron chi connectivity index (χ1n) is 9.29. The van der Waals surface area contributed by atoms with Crippen LogP contribution in [-0.2, 0) is 4.79 Å². The molecule has 3 aliphatic carbocycles. The highest BCUT2D eigenvalue weighted by molar-refractivity contribution is 7.00. The fourth-order valence-corrected chi connectivity index (χ4v) is 4.97. The lowest BCUT2D eigenvalue weighted by Gasteiger charge is -2.70. The van der Waals surface area contributed by atoms with Crippen molar-refractivity contribution in [1.29, 1.82) is 0 Å². The molecule has 0 radical (unpaired) electrons. The van der Waals surface area contributed by atoms with E-state index in [9.17, 15) is 14.0 Å². The number of hydrogen-bond acceptors (Lipinski definition) is 6. The summed E-state index contributed by atoms with van der Waals surface area (Å²) >= 11 is 6.74. The molecule has 0 atom stereocenters. The van der Waals surface area contributed by atoms with E-state index in [4.69, 9.17) is 16.3 Å². The topological polar surface area (TPSA) is 93.2 Å². The fourth-order valence-electron chi connectivity index (χ4n) is 4.34. The number of fused-ring (bicyclic) bond motifs is 1. The highest BCUT2D eigenvalue weighted by atomic mass is 35.5. The average molecular weight is 447 g/mol. The third-order valence-electron chi connectivity index (χ3n) is 5.59. The number of nitrogens with zero attached hydrogens (tertiary/aromatic N) is 2. The van der Waals surface area contributed by atoms with Crippen molar-refractivity contribution >= 4 is 46.2 Å². The molecule has 0 spiro atoms. The van der Waals surface area contributed by atoms with E-state index in [1.165, 1.54) is 12.1 Å². The molecule has 3 fully saturated rings. The van der Waals surface area contributed by atoms with E-state index in [0.717, 1.165) is 23.3 Å². The van der Waals surface area contributed by atoms with Gasteiger partial charge in [-0.25, -0.2) is 4.39 Å². The smallest absolute Gasteiger partial charge is 0.258 e. The maximum atomic E-state index is 13.4. The van der Waals surface area contributed by atoms with Gasteiger partial charge in [-0.1, -0.05) is 11.6 Å². The van der Waals surface area contributed by atoms with E-state index in [-0.39, 0.29) is 40.3 Å². The van der Waals surface area contributed by atoms with Crippen LogP contribution >= 0.6 is 23.3 Å². The number of nitrogens with one attached hydrogen (secondary N) is 2. The molecule has 0 unspecified atom stereocenters. The monoisotopic (exact) mass is 446 g/mol. The number of hydrogen-bond donors (Lipinski definition) is 2. The summed E-state index contributed by atoms with van der Waals surface area (Å²) < 4.78 is 27.0. The highest BCUT2D eigenvalue weighted by Gasteiger charge is 2.69. The van der Waals surface area contributed by atoms with Crippen molar-refractivity contribution in [2.24, 2.45) is 0 Å². The summed E-state index contributed by atoms with van der Waals surface area (Å²) in [7, 11) is 0. The zero-order valence-electron chi connectivity index (χ0n) is 15.6. The van der Waals surface area contributed by atoms with Crippen molar-refractivity contribution in [3.63, 3.8) is 0 Å². The van der Waals surface area contributed by atoms with Crippen molar-refractivity contribution in [3.8, 4) is 5.75 Å². The molecule has 1 aromatic heterocycles. The predicted molar refractivity (Wildman–Crippen MR) is 109 cm³/mol. The summed E-state index contributed by atoms with van der Waals surface area (Å²) in [5, 5.41) is 6.04. The first kappa shape index (κ1) is 19.2. The Morgan fingerprint density at radius 1 is 1.07 bits per heavy atom. The van der Waals surface area contributed by atoms with Crippen LogP contribution in [0.2, 0.25) is 5.02 Å². The number of aromatic nitrogens is 2. The summed E-state index contributed by atoms with van der Waals surface area (Å²) in [4.78, 5) is 24.8. The molecule has 7 nitrogen and oxygen atoms in total. The summed E-state index contributed by atoms with van der Waals surface area (Å²) in [5.41, 5.74) is 1.44. The number of ether oxygens (including phenoxy) is 1. The number of amides is 2. The van der Waals surface area contributed by atoms with Crippen molar-refractivity contribution in [1.82, 2.24) is 19.4 Å². The van der Waals surface area contributed by atoms with Gasteiger partial charge in [-0.05, 0) is 49.6 Å². The number of rotatable bonds is 6. The number of halogens is 2. The quantitative estimate of drug-likeness (QED) is 0.607. The fraction of sp³-hybridized carbons (Fsp3) is 0.300. The molecule has 0 saturated heterocycles. The first-order chi connectivity index (χ1) is 14.4. The van der Waals surface area contributed by atoms with Crippen molar-refractivity contribution < 1.29 is 18.7 Å². The second-order valence-electron chi connectivity index (χ2n) is 7.93. The molecule has 3 aliphatic rings. The van der Waals surface area contributed by atoms with Crippen LogP contribution in [0.4, 0.5) is 4.39 Å². The van der Waals surface area contributed by atoms with Gasteiger partial charge in [0, 0.05) is 22.7 Å². The lowest BCUT2D eigenvalue weighted by atomic mass is 9.44. The molecular formula is C20H16ClFN4O3S. The van der Waals surface area contributed by atoms with Crippen LogP contribution in [-0.4, -0.2) is 38.2 Å². The molecule has 2 aromatic carbocycles. The molecular weight excluding hydrogens is 431 g/mol. The Balaban J connectivity index is 1.11.